The smallest absolute Gasteiger partial charge is 0.414 e. The van der Waals surface area contributed by atoms with Gasteiger partial charge < -0.3 is 15.5 Å². The highest BCUT2D eigenvalue weighted by Crippen LogP contribution is 2.33. The summed E-state index contributed by atoms with van der Waals surface area (Å²) in [6.07, 6.45) is -7.63. The molecule has 0 aromatic heterocycles. The van der Waals surface area contributed by atoms with Crippen molar-refractivity contribution in [3.8, 4) is 0 Å². The van der Waals surface area contributed by atoms with Gasteiger partial charge in [0.2, 0.25) is 5.91 Å². The van der Waals surface area contributed by atoms with E-state index >= 15 is 0 Å². The minimum atomic E-state index is -4.95. The average Bonchev–Trinajstić information content (AvgIpc) is 2.99. The molecule has 2 atom stereocenters. The van der Waals surface area contributed by atoms with Crippen LogP contribution < -0.4 is 5.32 Å². The summed E-state index contributed by atoms with van der Waals surface area (Å²) in [5, 5.41) is 20.1. The van der Waals surface area contributed by atoms with Gasteiger partial charge in [-0.05, 0) is 19.8 Å². The van der Waals surface area contributed by atoms with Crippen LogP contribution in [-0.2, 0) is 9.59 Å². The summed E-state index contributed by atoms with van der Waals surface area (Å²) in [4.78, 5) is 22.6. The van der Waals surface area contributed by atoms with Crippen molar-refractivity contribution in [2.75, 3.05) is 0 Å². The van der Waals surface area contributed by atoms with Crippen LogP contribution in [0.4, 0.5) is 13.2 Å². The molecule has 1 saturated carbocycles. The van der Waals surface area contributed by atoms with Gasteiger partial charge in [0.15, 0.2) is 6.10 Å². The lowest BCUT2D eigenvalue weighted by molar-refractivity contribution is -0.213. The van der Waals surface area contributed by atoms with E-state index < -0.39 is 36.0 Å². The molecule has 0 aliphatic heterocycles. The molecule has 1 aliphatic carbocycles. The summed E-state index contributed by atoms with van der Waals surface area (Å²) in [5.41, 5.74) is -2.29. The number of carboxylic acid groups (broad SMARTS) is 1. The fraction of sp³-hybridized carbons (Fsp3) is 0.800. The van der Waals surface area contributed by atoms with Crippen molar-refractivity contribution in [1.82, 2.24) is 5.32 Å². The van der Waals surface area contributed by atoms with Gasteiger partial charge in [-0.2, -0.15) is 13.2 Å². The Kier molecular flexibility index (Phi) is 3.89. The molecule has 5 nitrogen and oxygen atoms in total. The summed E-state index contributed by atoms with van der Waals surface area (Å²) in [6.45, 7) is 0.877. The van der Waals surface area contributed by atoms with E-state index in [9.17, 15) is 22.8 Å². The number of aliphatic hydroxyl groups excluding tert-OH is 1. The van der Waals surface area contributed by atoms with E-state index in [4.69, 9.17) is 10.2 Å². The number of aliphatic carboxylic acids is 1. The number of hydrogen-bond acceptors (Lipinski definition) is 3. The molecule has 2 unspecified atom stereocenters. The van der Waals surface area contributed by atoms with E-state index in [0.29, 0.717) is 12.8 Å². The zero-order chi connectivity index (χ0) is 14.1. The first-order valence-electron chi connectivity index (χ1n) is 5.36. The predicted octanol–water partition coefficient (Wildman–Crippen LogP) is 0.669. The number of nitrogens with one attached hydrogen (secondary N) is 1. The van der Waals surface area contributed by atoms with Crippen LogP contribution in [0.25, 0.3) is 0 Å². The molecule has 1 aliphatic rings. The third kappa shape index (κ3) is 3.34. The Morgan fingerprint density at radius 1 is 1.39 bits per heavy atom. The van der Waals surface area contributed by atoms with Gasteiger partial charge in [0, 0.05) is 12.5 Å². The largest absolute Gasteiger partial charge is 0.480 e. The van der Waals surface area contributed by atoms with Gasteiger partial charge >= 0.3 is 12.1 Å². The fourth-order valence-corrected chi connectivity index (χ4v) is 1.35. The zero-order valence-electron chi connectivity index (χ0n) is 9.62. The highest BCUT2D eigenvalue weighted by molar-refractivity contribution is 6.01. The number of carboxylic acids is 1. The number of halogens is 3. The van der Waals surface area contributed by atoms with Crippen molar-refractivity contribution in [3.63, 3.8) is 0 Å². The third-order valence-corrected chi connectivity index (χ3v) is 2.87. The maximum atomic E-state index is 12.2. The molecule has 104 valence electrons. The molecule has 0 saturated heterocycles. The number of aliphatic hydroxyl groups is 1. The molecule has 18 heavy (non-hydrogen) atoms. The van der Waals surface area contributed by atoms with Gasteiger partial charge in [-0.15, -0.1) is 0 Å². The van der Waals surface area contributed by atoms with E-state index in [0.717, 1.165) is 6.92 Å². The van der Waals surface area contributed by atoms with E-state index in [1.54, 1.807) is 0 Å². The molecule has 0 radical (unpaired) electrons. The second-order valence-electron chi connectivity index (χ2n) is 4.65. The molecular formula is C10H14F3NO4. The second-order valence-corrected chi connectivity index (χ2v) is 4.65. The number of alkyl halides is 3. The predicted molar refractivity (Wildman–Crippen MR) is 53.6 cm³/mol. The van der Waals surface area contributed by atoms with Crippen molar-refractivity contribution < 1.29 is 33.0 Å². The second kappa shape index (κ2) is 4.75. The van der Waals surface area contributed by atoms with Gasteiger partial charge in [-0.25, -0.2) is 0 Å². The molecule has 0 bridgehead atoms. The lowest BCUT2D eigenvalue weighted by Gasteiger charge is -2.27. The Bertz CT molecular complexity index is 354. The molecular weight excluding hydrogens is 255 g/mol. The van der Waals surface area contributed by atoms with Crippen LogP contribution in [-0.4, -0.2) is 40.4 Å². The van der Waals surface area contributed by atoms with Gasteiger partial charge in [-0.1, -0.05) is 0 Å². The molecule has 1 fully saturated rings. The number of carbonyl (C=O) groups is 2. The summed E-state index contributed by atoms with van der Waals surface area (Å²) in [7, 11) is 0. The Morgan fingerprint density at radius 3 is 2.22 bits per heavy atom. The SMILES string of the molecule is CC(CC(O)C(F)(F)F)(C(=O)O)C(=O)NC1CC1. The van der Waals surface area contributed by atoms with Crippen LogP contribution >= 0.6 is 0 Å². The highest BCUT2D eigenvalue weighted by Gasteiger charge is 2.50. The number of carbonyl (C=O) groups excluding carboxylic acids is 1. The van der Waals surface area contributed by atoms with E-state index in [1.165, 1.54) is 0 Å². The normalized spacial score (nSPS) is 20.9. The minimum absolute atomic E-state index is 0.167. The standard InChI is InChI=1S/C10H14F3NO4/c1-9(8(17)18,4-6(15)10(11,12)13)7(16)14-5-2-3-5/h5-6,15H,2-4H2,1H3,(H,14,16)(H,17,18). The maximum Gasteiger partial charge on any atom is 0.414 e. The lowest BCUT2D eigenvalue weighted by Crippen LogP contribution is -2.49. The number of hydrogen-bond donors (Lipinski definition) is 3. The highest BCUT2D eigenvalue weighted by atomic mass is 19.4. The fourth-order valence-electron chi connectivity index (χ4n) is 1.35. The Morgan fingerprint density at radius 2 is 1.89 bits per heavy atom. The first-order valence-corrected chi connectivity index (χ1v) is 5.36. The van der Waals surface area contributed by atoms with Crippen molar-refractivity contribution >= 4 is 11.9 Å². The molecule has 8 heteroatoms. The van der Waals surface area contributed by atoms with Crippen LogP contribution in [0.3, 0.4) is 0 Å². The topological polar surface area (TPSA) is 86.6 Å². The van der Waals surface area contributed by atoms with Crippen molar-refractivity contribution in [2.45, 2.75) is 44.5 Å². The van der Waals surface area contributed by atoms with E-state index in [2.05, 4.69) is 5.32 Å². The molecule has 0 heterocycles. The molecule has 1 amide bonds. The minimum Gasteiger partial charge on any atom is -0.480 e. The number of rotatable bonds is 5. The zero-order valence-corrected chi connectivity index (χ0v) is 9.62. The molecule has 1 rings (SSSR count). The summed E-state index contributed by atoms with van der Waals surface area (Å²) >= 11 is 0. The summed E-state index contributed by atoms with van der Waals surface area (Å²) in [6, 6.07) is -0.167. The maximum absolute atomic E-state index is 12.2. The monoisotopic (exact) mass is 269 g/mol. The summed E-state index contributed by atoms with van der Waals surface area (Å²) in [5.74, 6) is -2.69. The Labute approximate surface area is 101 Å². The molecule has 3 N–H and O–H groups in total. The quantitative estimate of drug-likeness (QED) is 0.640. The first kappa shape index (κ1) is 14.7. The van der Waals surface area contributed by atoms with Gasteiger partial charge in [0.25, 0.3) is 0 Å². The third-order valence-electron chi connectivity index (χ3n) is 2.87. The van der Waals surface area contributed by atoms with Gasteiger partial charge in [-0.3, -0.25) is 9.59 Å². The number of amides is 1. The van der Waals surface area contributed by atoms with Gasteiger partial charge in [0.05, 0.1) is 0 Å². The van der Waals surface area contributed by atoms with Crippen molar-refractivity contribution in [1.29, 1.82) is 0 Å². The van der Waals surface area contributed by atoms with E-state index in [1.807, 2.05) is 0 Å². The first-order chi connectivity index (χ1) is 8.07. The van der Waals surface area contributed by atoms with Gasteiger partial charge in [0.1, 0.15) is 5.41 Å². The van der Waals surface area contributed by atoms with Crippen LogP contribution in [0.1, 0.15) is 26.2 Å². The van der Waals surface area contributed by atoms with Crippen molar-refractivity contribution in [3.05, 3.63) is 0 Å². The lowest BCUT2D eigenvalue weighted by atomic mass is 9.83. The molecule has 0 spiro atoms. The van der Waals surface area contributed by atoms with Crippen LogP contribution in [0.2, 0.25) is 0 Å². The Balaban J connectivity index is 2.79. The summed E-state index contributed by atoms with van der Waals surface area (Å²) < 4.78 is 36.6. The van der Waals surface area contributed by atoms with Crippen molar-refractivity contribution in [2.24, 2.45) is 5.41 Å². The van der Waals surface area contributed by atoms with Crippen LogP contribution in [0, 0.1) is 5.41 Å². The van der Waals surface area contributed by atoms with E-state index in [-0.39, 0.29) is 6.04 Å². The Hall–Kier alpha value is -1.31. The molecule has 0 aromatic rings. The molecule has 0 aromatic carbocycles. The van der Waals surface area contributed by atoms with Crippen LogP contribution in [0.15, 0.2) is 0 Å². The average molecular weight is 269 g/mol. The van der Waals surface area contributed by atoms with Crippen LogP contribution in [0.5, 0.6) is 0 Å².